The van der Waals surface area contributed by atoms with E-state index < -0.39 is 11.8 Å². The van der Waals surface area contributed by atoms with Crippen molar-refractivity contribution in [3.05, 3.63) is 88.6 Å². The van der Waals surface area contributed by atoms with Crippen LogP contribution in [0.4, 0.5) is 17.1 Å². The number of anilines is 3. The van der Waals surface area contributed by atoms with Gasteiger partial charge < -0.3 is 20.1 Å². The number of halogens is 1. The van der Waals surface area contributed by atoms with Crippen LogP contribution < -0.4 is 25.0 Å². The van der Waals surface area contributed by atoms with Crippen molar-refractivity contribution in [2.75, 3.05) is 29.8 Å². The number of amides is 3. The lowest BCUT2D eigenvalue weighted by molar-refractivity contribution is -0.120. The fraction of sp³-hybridized carbons (Fsp3) is 0.111. The Morgan fingerprint density at radius 3 is 2.22 bits per heavy atom. The molecule has 10 heteroatoms. The molecule has 0 radical (unpaired) electrons. The zero-order chi connectivity index (χ0) is 26.7. The molecule has 4 rings (SSSR count). The van der Waals surface area contributed by atoms with Gasteiger partial charge in [0, 0.05) is 28.6 Å². The SMILES string of the molecule is COc1ccc(N2C(=O)C(Cl)=C(Nc3ccc(C(=O)Nc4cccc(C(C)=O)c4)cc3)C2=O)c(OC)c1. The van der Waals surface area contributed by atoms with E-state index in [1.54, 1.807) is 60.7 Å². The zero-order valence-electron chi connectivity index (χ0n) is 20.1. The Balaban J connectivity index is 1.49. The average Bonchev–Trinajstić information content (AvgIpc) is 3.11. The summed E-state index contributed by atoms with van der Waals surface area (Å²) in [6.07, 6.45) is 0. The number of nitrogens with one attached hydrogen (secondary N) is 2. The van der Waals surface area contributed by atoms with E-state index in [2.05, 4.69) is 10.6 Å². The highest BCUT2D eigenvalue weighted by Crippen LogP contribution is 2.37. The van der Waals surface area contributed by atoms with Crippen LogP contribution in [0.1, 0.15) is 27.6 Å². The van der Waals surface area contributed by atoms with E-state index in [9.17, 15) is 19.2 Å². The molecule has 0 saturated heterocycles. The van der Waals surface area contributed by atoms with Crippen molar-refractivity contribution in [3.63, 3.8) is 0 Å². The summed E-state index contributed by atoms with van der Waals surface area (Å²) in [4.78, 5) is 51.1. The molecule has 0 saturated carbocycles. The van der Waals surface area contributed by atoms with Crippen LogP contribution in [0.3, 0.4) is 0 Å². The number of carbonyl (C=O) groups is 4. The van der Waals surface area contributed by atoms with Crippen LogP contribution in [-0.4, -0.2) is 37.7 Å². The second kappa shape index (κ2) is 10.5. The molecule has 9 nitrogen and oxygen atoms in total. The van der Waals surface area contributed by atoms with Gasteiger partial charge in [-0.2, -0.15) is 0 Å². The molecule has 1 aliphatic heterocycles. The van der Waals surface area contributed by atoms with Gasteiger partial charge >= 0.3 is 0 Å². The number of hydrogen-bond acceptors (Lipinski definition) is 7. The van der Waals surface area contributed by atoms with Crippen LogP contribution >= 0.6 is 11.6 Å². The summed E-state index contributed by atoms with van der Waals surface area (Å²) in [5.74, 6) is -1.10. The molecule has 2 N–H and O–H groups in total. The lowest BCUT2D eigenvalue weighted by atomic mass is 10.1. The van der Waals surface area contributed by atoms with E-state index in [-0.39, 0.29) is 33.9 Å². The van der Waals surface area contributed by atoms with Crippen LogP contribution in [0.5, 0.6) is 11.5 Å². The van der Waals surface area contributed by atoms with Crippen molar-refractivity contribution in [1.29, 1.82) is 0 Å². The highest BCUT2D eigenvalue weighted by Gasteiger charge is 2.40. The maximum absolute atomic E-state index is 13.1. The Bertz CT molecular complexity index is 1450. The Morgan fingerprint density at radius 2 is 1.57 bits per heavy atom. The van der Waals surface area contributed by atoms with Gasteiger partial charge in [0.2, 0.25) is 0 Å². The van der Waals surface area contributed by atoms with Gasteiger partial charge in [0.15, 0.2) is 5.78 Å². The zero-order valence-corrected chi connectivity index (χ0v) is 20.9. The van der Waals surface area contributed by atoms with Crippen molar-refractivity contribution in [1.82, 2.24) is 0 Å². The minimum atomic E-state index is -0.707. The highest BCUT2D eigenvalue weighted by atomic mass is 35.5. The molecule has 0 bridgehead atoms. The molecule has 3 aromatic carbocycles. The first kappa shape index (κ1) is 25.5. The molecule has 3 amide bonds. The number of benzene rings is 3. The Hall–Kier alpha value is -4.63. The predicted octanol–water partition coefficient (Wildman–Crippen LogP) is 4.59. The molecule has 0 aliphatic carbocycles. The summed E-state index contributed by atoms with van der Waals surface area (Å²) in [5, 5.41) is 5.33. The lowest BCUT2D eigenvalue weighted by Gasteiger charge is -2.18. The summed E-state index contributed by atoms with van der Waals surface area (Å²) < 4.78 is 10.5. The third-order valence-electron chi connectivity index (χ3n) is 5.60. The van der Waals surface area contributed by atoms with Gasteiger partial charge in [0.05, 0.1) is 19.9 Å². The van der Waals surface area contributed by atoms with E-state index in [1.165, 1.54) is 27.2 Å². The van der Waals surface area contributed by atoms with Crippen LogP contribution in [0.2, 0.25) is 0 Å². The Labute approximate surface area is 217 Å². The van der Waals surface area contributed by atoms with E-state index in [4.69, 9.17) is 21.1 Å². The number of rotatable bonds is 8. The summed E-state index contributed by atoms with van der Waals surface area (Å²) in [6, 6.07) is 17.5. The van der Waals surface area contributed by atoms with E-state index >= 15 is 0 Å². The highest BCUT2D eigenvalue weighted by molar-refractivity contribution is 6.53. The Kier molecular flexibility index (Phi) is 7.26. The van der Waals surface area contributed by atoms with Crippen LogP contribution in [0, 0.1) is 0 Å². The number of methoxy groups -OCH3 is 2. The molecule has 1 aliphatic rings. The second-order valence-corrected chi connectivity index (χ2v) is 8.34. The van der Waals surface area contributed by atoms with Crippen LogP contribution in [-0.2, 0) is 9.59 Å². The molecule has 0 aromatic heterocycles. The molecular weight excluding hydrogens is 498 g/mol. The maximum Gasteiger partial charge on any atom is 0.283 e. The van der Waals surface area contributed by atoms with Gasteiger partial charge in [-0.25, -0.2) is 4.90 Å². The summed E-state index contributed by atoms with van der Waals surface area (Å²) in [5.41, 5.74) is 1.86. The third-order valence-corrected chi connectivity index (χ3v) is 5.95. The number of ether oxygens (including phenoxy) is 2. The minimum Gasteiger partial charge on any atom is -0.497 e. The van der Waals surface area contributed by atoms with Crippen molar-refractivity contribution < 1.29 is 28.7 Å². The molecule has 1 heterocycles. The van der Waals surface area contributed by atoms with Gasteiger partial charge in [-0.15, -0.1) is 0 Å². The van der Waals surface area contributed by atoms with Crippen molar-refractivity contribution in [2.24, 2.45) is 0 Å². The standard InChI is InChI=1S/C27H22ClN3O6/c1-15(32)17-5-4-6-19(13-17)30-25(33)16-7-9-18(10-8-16)29-24-23(28)26(34)31(27(24)35)21-12-11-20(36-2)14-22(21)37-3/h4-14,29H,1-3H3,(H,30,33). The van der Waals surface area contributed by atoms with E-state index in [1.807, 2.05) is 0 Å². The van der Waals surface area contributed by atoms with Gasteiger partial charge in [-0.05, 0) is 55.5 Å². The number of carbonyl (C=O) groups excluding carboxylic acids is 4. The summed E-state index contributed by atoms with van der Waals surface area (Å²) >= 11 is 6.23. The first-order valence-corrected chi connectivity index (χ1v) is 11.4. The minimum absolute atomic E-state index is 0.108. The fourth-order valence-corrected chi connectivity index (χ4v) is 3.88. The fourth-order valence-electron chi connectivity index (χ4n) is 3.67. The molecule has 0 unspecified atom stereocenters. The molecule has 3 aromatic rings. The monoisotopic (exact) mass is 519 g/mol. The van der Waals surface area contributed by atoms with Gasteiger partial charge in [-0.1, -0.05) is 23.7 Å². The average molecular weight is 520 g/mol. The number of imide groups is 1. The van der Waals surface area contributed by atoms with E-state index in [0.29, 0.717) is 28.3 Å². The largest absolute Gasteiger partial charge is 0.497 e. The molecule has 188 valence electrons. The molecule has 0 atom stereocenters. The van der Waals surface area contributed by atoms with Gasteiger partial charge in [0.25, 0.3) is 17.7 Å². The number of nitrogens with zero attached hydrogens (tertiary/aromatic N) is 1. The second-order valence-electron chi connectivity index (χ2n) is 7.97. The Morgan fingerprint density at radius 1 is 0.838 bits per heavy atom. The van der Waals surface area contributed by atoms with Crippen LogP contribution in [0.25, 0.3) is 0 Å². The van der Waals surface area contributed by atoms with Gasteiger partial charge in [-0.3, -0.25) is 19.2 Å². The maximum atomic E-state index is 13.1. The molecular formula is C27H22ClN3O6. The van der Waals surface area contributed by atoms with Gasteiger partial charge in [0.1, 0.15) is 22.2 Å². The topological polar surface area (TPSA) is 114 Å². The summed E-state index contributed by atoms with van der Waals surface area (Å²) in [6.45, 7) is 1.45. The van der Waals surface area contributed by atoms with Crippen molar-refractivity contribution in [3.8, 4) is 11.5 Å². The molecule has 37 heavy (non-hydrogen) atoms. The normalized spacial score (nSPS) is 13.0. The van der Waals surface area contributed by atoms with Crippen molar-refractivity contribution in [2.45, 2.75) is 6.92 Å². The van der Waals surface area contributed by atoms with Crippen LogP contribution in [0.15, 0.2) is 77.5 Å². The first-order valence-electron chi connectivity index (χ1n) is 11.0. The van der Waals surface area contributed by atoms with Crippen molar-refractivity contribution >= 4 is 52.2 Å². The molecule has 0 spiro atoms. The summed E-state index contributed by atoms with van der Waals surface area (Å²) in [7, 11) is 2.90. The number of hydrogen-bond donors (Lipinski definition) is 2. The smallest absolute Gasteiger partial charge is 0.283 e. The van der Waals surface area contributed by atoms with E-state index in [0.717, 1.165) is 4.90 Å². The predicted molar refractivity (Wildman–Crippen MR) is 139 cm³/mol. The number of ketones is 1. The third kappa shape index (κ3) is 5.17. The number of Topliss-reactive ketones (excluding diaryl/α,β-unsaturated/α-hetero) is 1. The lowest BCUT2D eigenvalue weighted by Crippen LogP contribution is -2.32. The molecule has 0 fully saturated rings. The quantitative estimate of drug-likeness (QED) is 0.330. The first-order chi connectivity index (χ1) is 17.7.